The van der Waals surface area contributed by atoms with Crippen molar-refractivity contribution in [3.8, 4) is 12.1 Å². The first-order valence-electron chi connectivity index (χ1n) is 5.04. The molecule has 0 amide bonds. The molecule has 0 N–H and O–H groups in total. The standard InChI is InChI=1S/C11H15N4/c1-3-14-6-7-15(10(14)2)9-11(8-13)4-5-12/h6-7,11H,3-4,9H2,1-2H3/q+1. The highest BCUT2D eigenvalue weighted by Gasteiger charge is 2.16. The van der Waals surface area contributed by atoms with Crippen LogP contribution in [0.3, 0.4) is 0 Å². The molecule has 0 aliphatic rings. The summed E-state index contributed by atoms with van der Waals surface area (Å²) in [5.41, 5.74) is 0. The molecule has 1 aromatic rings. The smallest absolute Gasteiger partial charge is 0.235 e. The summed E-state index contributed by atoms with van der Waals surface area (Å²) in [5, 5.41) is 17.4. The number of rotatable bonds is 4. The van der Waals surface area contributed by atoms with Crippen LogP contribution in [0, 0.1) is 35.5 Å². The molecule has 0 bridgehead atoms. The highest BCUT2D eigenvalue weighted by Crippen LogP contribution is 2.02. The Morgan fingerprint density at radius 3 is 2.73 bits per heavy atom. The van der Waals surface area contributed by atoms with Gasteiger partial charge in [0, 0.05) is 6.92 Å². The van der Waals surface area contributed by atoms with E-state index in [0.29, 0.717) is 13.0 Å². The number of aromatic nitrogens is 2. The Labute approximate surface area is 90.0 Å². The van der Waals surface area contributed by atoms with Crippen molar-refractivity contribution in [1.29, 1.82) is 10.5 Å². The van der Waals surface area contributed by atoms with Crippen LogP contribution in [0.25, 0.3) is 0 Å². The minimum atomic E-state index is -0.216. The fourth-order valence-corrected chi connectivity index (χ4v) is 1.57. The Morgan fingerprint density at radius 2 is 2.27 bits per heavy atom. The molecule has 1 aromatic heterocycles. The minimum Gasteiger partial charge on any atom is -0.235 e. The van der Waals surface area contributed by atoms with Gasteiger partial charge in [0.25, 0.3) is 5.82 Å². The molecule has 4 nitrogen and oxygen atoms in total. The normalized spacial score (nSPS) is 11.7. The van der Waals surface area contributed by atoms with E-state index < -0.39 is 0 Å². The van der Waals surface area contributed by atoms with Crippen molar-refractivity contribution in [2.75, 3.05) is 0 Å². The van der Waals surface area contributed by atoms with Crippen LogP contribution < -0.4 is 4.57 Å². The number of imidazole rings is 1. The van der Waals surface area contributed by atoms with Crippen LogP contribution in [-0.2, 0) is 13.1 Å². The summed E-state index contributed by atoms with van der Waals surface area (Å²) >= 11 is 0. The van der Waals surface area contributed by atoms with E-state index in [1.54, 1.807) is 0 Å². The first-order valence-corrected chi connectivity index (χ1v) is 5.04. The molecule has 0 radical (unpaired) electrons. The summed E-state index contributed by atoms with van der Waals surface area (Å²) in [7, 11) is 0. The highest BCUT2D eigenvalue weighted by molar-refractivity contribution is 4.88. The SMILES string of the molecule is CCn1cc[n+](CC(C#N)CC#N)c1C. The lowest BCUT2D eigenvalue weighted by atomic mass is 10.1. The van der Waals surface area contributed by atoms with E-state index in [2.05, 4.69) is 17.6 Å². The minimum absolute atomic E-state index is 0.216. The molecule has 0 saturated carbocycles. The van der Waals surface area contributed by atoms with Gasteiger partial charge in [0.15, 0.2) is 0 Å². The van der Waals surface area contributed by atoms with Crippen molar-refractivity contribution in [3.63, 3.8) is 0 Å². The van der Waals surface area contributed by atoms with Gasteiger partial charge in [-0.25, -0.2) is 9.13 Å². The third-order valence-corrected chi connectivity index (χ3v) is 2.54. The van der Waals surface area contributed by atoms with Crippen molar-refractivity contribution in [3.05, 3.63) is 18.2 Å². The molecule has 15 heavy (non-hydrogen) atoms. The molecule has 0 aliphatic heterocycles. The van der Waals surface area contributed by atoms with E-state index >= 15 is 0 Å². The second-order valence-corrected chi connectivity index (χ2v) is 3.47. The zero-order chi connectivity index (χ0) is 11.3. The number of aryl methyl sites for hydroxylation is 1. The first kappa shape index (κ1) is 11.3. The van der Waals surface area contributed by atoms with Crippen LogP contribution in [0.5, 0.6) is 0 Å². The van der Waals surface area contributed by atoms with E-state index in [1.807, 2.05) is 30.0 Å². The van der Waals surface area contributed by atoms with Crippen molar-refractivity contribution in [1.82, 2.24) is 4.57 Å². The summed E-state index contributed by atoms with van der Waals surface area (Å²) < 4.78 is 4.13. The summed E-state index contributed by atoms with van der Waals surface area (Å²) in [4.78, 5) is 0. The maximum atomic E-state index is 8.85. The van der Waals surface area contributed by atoms with Crippen LogP contribution in [0.2, 0.25) is 0 Å². The third-order valence-electron chi connectivity index (χ3n) is 2.54. The topological polar surface area (TPSA) is 56.4 Å². The lowest BCUT2D eigenvalue weighted by molar-refractivity contribution is -0.706. The van der Waals surface area contributed by atoms with Gasteiger partial charge >= 0.3 is 0 Å². The molecule has 0 spiro atoms. The van der Waals surface area contributed by atoms with Gasteiger partial charge in [-0.05, 0) is 6.92 Å². The fraction of sp³-hybridized carbons (Fsp3) is 0.545. The van der Waals surface area contributed by atoms with E-state index in [4.69, 9.17) is 10.5 Å². The third kappa shape index (κ3) is 2.57. The van der Waals surface area contributed by atoms with Gasteiger partial charge in [0.2, 0.25) is 0 Å². The van der Waals surface area contributed by atoms with Gasteiger partial charge in [-0.3, -0.25) is 0 Å². The van der Waals surface area contributed by atoms with E-state index in [0.717, 1.165) is 12.4 Å². The number of hydrogen-bond donors (Lipinski definition) is 0. The van der Waals surface area contributed by atoms with Gasteiger partial charge in [0.05, 0.1) is 31.0 Å². The maximum absolute atomic E-state index is 8.85. The summed E-state index contributed by atoms with van der Waals surface area (Å²) in [6.45, 7) is 5.62. The second kappa shape index (κ2) is 5.17. The number of nitrogens with zero attached hydrogens (tertiary/aromatic N) is 4. The van der Waals surface area contributed by atoms with E-state index in [-0.39, 0.29) is 5.92 Å². The quantitative estimate of drug-likeness (QED) is 0.689. The molecule has 0 fully saturated rings. The molecule has 1 atom stereocenters. The second-order valence-electron chi connectivity index (χ2n) is 3.47. The van der Waals surface area contributed by atoms with E-state index in [9.17, 15) is 0 Å². The number of hydrogen-bond acceptors (Lipinski definition) is 2. The average Bonchev–Trinajstić information content (AvgIpc) is 2.59. The Balaban J connectivity index is 2.77. The van der Waals surface area contributed by atoms with Crippen LogP contribution >= 0.6 is 0 Å². The Hall–Kier alpha value is -1.81. The van der Waals surface area contributed by atoms with Crippen LogP contribution in [0.4, 0.5) is 0 Å². The maximum Gasteiger partial charge on any atom is 0.253 e. The van der Waals surface area contributed by atoms with Crippen LogP contribution in [-0.4, -0.2) is 4.57 Å². The zero-order valence-corrected chi connectivity index (χ0v) is 9.14. The molecule has 0 saturated heterocycles. The van der Waals surface area contributed by atoms with Gasteiger partial charge in [-0.2, -0.15) is 10.5 Å². The molecule has 1 heterocycles. The molecule has 1 unspecified atom stereocenters. The van der Waals surface area contributed by atoms with E-state index in [1.165, 1.54) is 0 Å². The fourth-order valence-electron chi connectivity index (χ4n) is 1.57. The molecular weight excluding hydrogens is 188 g/mol. The molecule has 1 rings (SSSR count). The van der Waals surface area contributed by atoms with Gasteiger partial charge in [-0.15, -0.1) is 0 Å². The predicted molar refractivity (Wildman–Crippen MR) is 54.4 cm³/mol. The van der Waals surface area contributed by atoms with Crippen LogP contribution in [0.15, 0.2) is 12.4 Å². The van der Waals surface area contributed by atoms with Gasteiger partial charge in [-0.1, -0.05) is 0 Å². The molecule has 0 aromatic carbocycles. The van der Waals surface area contributed by atoms with Crippen LogP contribution in [0.1, 0.15) is 19.2 Å². The largest absolute Gasteiger partial charge is 0.253 e. The van der Waals surface area contributed by atoms with Gasteiger partial charge < -0.3 is 0 Å². The highest BCUT2D eigenvalue weighted by atomic mass is 15.1. The van der Waals surface area contributed by atoms with Crippen molar-refractivity contribution in [2.45, 2.75) is 33.4 Å². The van der Waals surface area contributed by atoms with Crippen molar-refractivity contribution < 1.29 is 4.57 Å². The van der Waals surface area contributed by atoms with Crippen molar-refractivity contribution in [2.24, 2.45) is 5.92 Å². The molecule has 4 heteroatoms. The van der Waals surface area contributed by atoms with Gasteiger partial charge in [0.1, 0.15) is 18.9 Å². The Morgan fingerprint density at radius 1 is 1.53 bits per heavy atom. The zero-order valence-electron chi connectivity index (χ0n) is 9.14. The summed E-state index contributed by atoms with van der Waals surface area (Å²) in [6, 6.07) is 4.19. The first-order chi connectivity index (χ1) is 7.22. The summed E-state index contributed by atoms with van der Waals surface area (Å²) in [5.74, 6) is 0.905. The van der Waals surface area contributed by atoms with Crippen molar-refractivity contribution >= 4 is 0 Å². The predicted octanol–water partition coefficient (Wildman–Crippen LogP) is 1.16. The lowest BCUT2D eigenvalue weighted by Crippen LogP contribution is -2.38. The Bertz CT molecular complexity index is 405. The monoisotopic (exact) mass is 203 g/mol. The molecule has 0 aliphatic carbocycles. The molecular formula is C11H15N4+. The number of nitriles is 2. The Kier molecular flexibility index (Phi) is 3.88. The average molecular weight is 203 g/mol. The lowest BCUT2D eigenvalue weighted by Gasteiger charge is -2.02. The summed E-state index contributed by atoms with van der Waals surface area (Å²) in [6.07, 6.45) is 4.25. The molecule has 78 valence electrons.